The molecule has 6 nitrogen and oxygen atoms in total. The van der Waals surface area contributed by atoms with Gasteiger partial charge in [-0.05, 0) is 6.07 Å². The van der Waals surface area contributed by atoms with Crippen molar-refractivity contribution in [2.45, 2.75) is 19.1 Å². The van der Waals surface area contributed by atoms with E-state index in [0.717, 1.165) is 0 Å². The van der Waals surface area contributed by atoms with Crippen molar-refractivity contribution in [1.82, 2.24) is 10.3 Å². The quantitative estimate of drug-likeness (QED) is 0.651. The Labute approximate surface area is 98.5 Å². The van der Waals surface area contributed by atoms with Gasteiger partial charge in [0.15, 0.2) is 0 Å². The zero-order chi connectivity index (χ0) is 12.8. The minimum Gasteiger partial charge on any atom is -0.388 e. The van der Waals surface area contributed by atoms with Gasteiger partial charge in [-0.2, -0.15) is 5.26 Å². The average molecular weight is 235 g/mol. The number of hydrogen-bond donors (Lipinski definition) is 3. The van der Waals surface area contributed by atoms with Crippen LogP contribution in [0.5, 0.6) is 0 Å². The number of nitrogens with zero attached hydrogens (tertiary/aromatic N) is 2. The van der Waals surface area contributed by atoms with E-state index in [0.29, 0.717) is 5.56 Å². The van der Waals surface area contributed by atoms with E-state index in [1.165, 1.54) is 25.3 Å². The van der Waals surface area contributed by atoms with Gasteiger partial charge in [-0.25, -0.2) is 4.98 Å². The molecule has 2 atom stereocenters. The fourth-order valence-corrected chi connectivity index (χ4v) is 1.23. The molecule has 1 heterocycles. The van der Waals surface area contributed by atoms with Gasteiger partial charge in [0.25, 0.3) is 0 Å². The maximum absolute atomic E-state index is 10.6. The van der Waals surface area contributed by atoms with Crippen LogP contribution in [-0.4, -0.2) is 33.8 Å². The van der Waals surface area contributed by atoms with Gasteiger partial charge in [-0.15, -0.1) is 0 Å². The summed E-state index contributed by atoms with van der Waals surface area (Å²) in [5, 5.41) is 30.3. The van der Waals surface area contributed by atoms with Crippen molar-refractivity contribution in [2.75, 3.05) is 6.54 Å². The summed E-state index contributed by atoms with van der Waals surface area (Å²) < 4.78 is 0. The second kappa shape index (κ2) is 5.94. The highest BCUT2D eigenvalue weighted by molar-refractivity contribution is 5.72. The van der Waals surface area contributed by atoms with Crippen molar-refractivity contribution < 1.29 is 15.0 Å². The summed E-state index contributed by atoms with van der Waals surface area (Å²) in [4.78, 5) is 14.4. The molecule has 0 aromatic carbocycles. The van der Waals surface area contributed by atoms with E-state index < -0.39 is 12.2 Å². The number of carbonyl (C=O) groups is 1. The normalized spacial score (nSPS) is 13.5. The molecule has 3 N–H and O–H groups in total. The predicted octanol–water partition coefficient (Wildman–Crippen LogP) is -0.516. The van der Waals surface area contributed by atoms with Gasteiger partial charge in [-0.1, -0.05) is 6.07 Å². The molecular weight excluding hydrogens is 222 g/mol. The van der Waals surface area contributed by atoms with Crippen LogP contribution in [0.2, 0.25) is 0 Å². The molecule has 0 spiro atoms. The van der Waals surface area contributed by atoms with Crippen LogP contribution in [0.15, 0.2) is 18.3 Å². The van der Waals surface area contributed by atoms with Gasteiger partial charge in [-0.3, -0.25) is 4.79 Å². The summed E-state index contributed by atoms with van der Waals surface area (Å²) in [5.74, 6) is -0.283. The number of aromatic nitrogens is 1. The van der Waals surface area contributed by atoms with Crippen molar-refractivity contribution in [3.63, 3.8) is 0 Å². The van der Waals surface area contributed by atoms with Gasteiger partial charge in [0.1, 0.15) is 24.0 Å². The minimum absolute atomic E-state index is 0.0451. The monoisotopic (exact) mass is 235 g/mol. The molecule has 1 rings (SSSR count). The number of nitrogens with one attached hydrogen (secondary N) is 1. The summed E-state index contributed by atoms with van der Waals surface area (Å²) in [6.45, 7) is 1.28. The van der Waals surface area contributed by atoms with E-state index >= 15 is 0 Å². The second-order valence-corrected chi connectivity index (χ2v) is 3.54. The number of amides is 1. The minimum atomic E-state index is -1.15. The molecule has 0 fully saturated rings. The summed E-state index contributed by atoms with van der Waals surface area (Å²) in [6.07, 6.45) is -0.948. The Morgan fingerprint density at radius 1 is 1.59 bits per heavy atom. The van der Waals surface area contributed by atoms with E-state index in [9.17, 15) is 15.0 Å². The number of aliphatic hydroxyl groups is 2. The molecule has 0 bridgehead atoms. The van der Waals surface area contributed by atoms with Crippen LogP contribution < -0.4 is 5.32 Å². The largest absolute Gasteiger partial charge is 0.388 e. The maximum atomic E-state index is 10.6. The summed E-state index contributed by atoms with van der Waals surface area (Å²) in [6, 6.07) is 4.81. The van der Waals surface area contributed by atoms with Crippen LogP contribution in [0.25, 0.3) is 0 Å². The van der Waals surface area contributed by atoms with Gasteiger partial charge < -0.3 is 15.5 Å². The number of hydrogen-bond acceptors (Lipinski definition) is 5. The number of pyridine rings is 1. The van der Waals surface area contributed by atoms with Gasteiger partial charge in [0, 0.05) is 25.2 Å². The van der Waals surface area contributed by atoms with Crippen LogP contribution in [0.1, 0.15) is 24.3 Å². The SMILES string of the molecule is CC(=O)NCC(O)C(O)c1ccc(C#N)nc1. The van der Waals surface area contributed by atoms with Crippen LogP contribution in [0.3, 0.4) is 0 Å². The lowest BCUT2D eigenvalue weighted by molar-refractivity contribution is -0.119. The number of aliphatic hydroxyl groups excluding tert-OH is 2. The first-order valence-corrected chi connectivity index (χ1v) is 5.01. The van der Waals surface area contributed by atoms with Crippen molar-refractivity contribution in [1.29, 1.82) is 5.26 Å². The second-order valence-electron chi connectivity index (χ2n) is 3.54. The first-order valence-electron chi connectivity index (χ1n) is 5.01. The first-order chi connectivity index (χ1) is 8.04. The Morgan fingerprint density at radius 3 is 2.76 bits per heavy atom. The van der Waals surface area contributed by atoms with Crippen molar-refractivity contribution >= 4 is 5.91 Å². The number of carbonyl (C=O) groups excluding carboxylic acids is 1. The molecule has 1 amide bonds. The molecule has 17 heavy (non-hydrogen) atoms. The first kappa shape index (κ1) is 13.1. The van der Waals surface area contributed by atoms with E-state index in [4.69, 9.17) is 5.26 Å². The third kappa shape index (κ3) is 3.83. The smallest absolute Gasteiger partial charge is 0.216 e. The van der Waals surface area contributed by atoms with E-state index in [-0.39, 0.29) is 18.1 Å². The molecule has 1 aromatic rings. The molecule has 0 aliphatic carbocycles. The molecule has 0 aliphatic rings. The molecular formula is C11H13N3O3. The van der Waals surface area contributed by atoms with Crippen molar-refractivity contribution in [3.8, 4) is 6.07 Å². The van der Waals surface area contributed by atoms with Crippen molar-refractivity contribution in [3.05, 3.63) is 29.6 Å². The highest BCUT2D eigenvalue weighted by Crippen LogP contribution is 2.15. The fourth-order valence-electron chi connectivity index (χ4n) is 1.23. The Balaban J connectivity index is 2.64. The zero-order valence-electron chi connectivity index (χ0n) is 9.29. The van der Waals surface area contributed by atoms with E-state index in [2.05, 4.69) is 10.3 Å². The Morgan fingerprint density at radius 2 is 2.29 bits per heavy atom. The molecule has 2 unspecified atom stereocenters. The van der Waals surface area contributed by atoms with Crippen molar-refractivity contribution in [2.24, 2.45) is 0 Å². The average Bonchev–Trinajstić information content (AvgIpc) is 2.35. The van der Waals surface area contributed by atoms with Gasteiger partial charge in [0.05, 0.1) is 0 Å². The fraction of sp³-hybridized carbons (Fsp3) is 0.364. The molecule has 6 heteroatoms. The Kier molecular flexibility index (Phi) is 4.57. The standard InChI is InChI=1S/C11H13N3O3/c1-7(15)13-6-10(16)11(17)8-2-3-9(4-12)14-5-8/h2-3,5,10-11,16-17H,6H2,1H3,(H,13,15). The van der Waals surface area contributed by atoms with Crippen LogP contribution in [0.4, 0.5) is 0 Å². The summed E-state index contributed by atoms with van der Waals surface area (Å²) >= 11 is 0. The maximum Gasteiger partial charge on any atom is 0.216 e. The summed E-state index contributed by atoms with van der Waals surface area (Å²) in [5.41, 5.74) is 0.624. The van der Waals surface area contributed by atoms with Crippen LogP contribution >= 0.6 is 0 Å². The van der Waals surface area contributed by atoms with E-state index in [1.807, 2.05) is 6.07 Å². The van der Waals surface area contributed by atoms with Gasteiger partial charge in [0.2, 0.25) is 5.91 Å². The lowest BCUT2D eigenvalue weighted by Gasteiger charge is -2.17. The third-order valence-corrected chi connectivity index (χ3v) is 2.17. The number of rotatable bonds is 4. The Bertz CT molecular complexity index is 425. The molecule has 0 saturated heterocycles. The number of nitriles is 1. The predicted molar refractivity (Wildman–Crippen MR) is 58.6 cm³/mol. The topological polar surface area (TPSA) is 106 Å². The third-order valence-electron chi connectivity index (χ3n) is 2.17. The van der Waals surface area contributed by atoms with E-state index in [1.54, 1.807) is 0 Å². The molecule has 0 aliphatic heterocycles. The summed E-state index contributed by atoms with van der Waals surface area (Å²) in [7, 11) is 0. The van der Waals surface area contributed by atoms with Crippen LogP contribution in [0, 0.1) is 11.3 Å². The Hall–Kier alpha value is -1.97. The lowest BCUT2D eigenvalue weighted by Crippen LogP contribution is -2.34. The molecule has 90 valence electrons. The molecule has 1 aromatic heterocycles. The van der Waals surface area contributed by atoms with Gasteiger partial charge >= 0.3 is 0 Å². The zero-order valence-corrected chi connectivity index (χ0v) is 9.29. The highest BCUT2D eigenvalue weighted by Gasteiger charge is 2.18. The highest BCUT2D eigenvalue weighted by atomic mass is 16.3. The molecule has 0 radical (unpaired) electrons. The lowest BCUT2D eigenvalue weighted by atomic mass is 10.1. The van der Waals surface area contributed by atoms with Crippen LogP contribution in [-0.2, 0) is 4.79 Å². The molecule has 0 saturated carbocycles.